The molecule has 2 heteroatoms. The Morgan fingerprint density at radius 3 is 0.929 bits per heavy atom. The minimum Gasteiger partial charge on any atom is -0.497 e. The molecule has 42 heavy (non-hydrogen) atoms. The highest BCUT2D eigenvalue weighted by molar-refractivity contribution is 6.08. The second-order valence-electron chi connectivity index (χ2n) is 11.7. The van der Waals surface area contributed by atoms with Gasteiger partial charge in [-0.25, -0.2) is 0 Å². The van der Waals surface area contributed by atoms with Gasteiger partial charge in [-0.2, -0.15) is 0 Å². The molecule has 0 atom stereocenters. The molecule has 0 aliphatic heterocycles. The monoisotopic (exact) mass is 550 g/mol. The maximum atomic E-state index is 5.48. The van der Waals surface area contributed by atoms with Crippen LogP contribution in [0.1, 0.15) is 33.4 Å². The van der Waals surface area contributed by atoms with Gasteiger partial charge in [0, 0.05) is 0 Å². The molecule has 0 saturated heterocycles. The summed E-state index contributed by atoms with van der Waals surface area (Å²) in [7, 11) is 3.43. The molecule has 0 radical (unpaired) electrons. The minimum absolute atomic E-state index is 0.865. The Balaban J connectivity index is 1.72. The largest absolute Gasteiger partial charge is 0.497 e. The number of rotatable bonds is 5. The van der Waals surface area contributed by atoms with E-state index in [1.54, 1.807) is 14.2 Å². The average molecular weight is 551 g/mol. The van der Waals surface area contributed by atoms with E-state index in [2.05, 4.69) is 126 Å². The predicted octanol–water partition coefficient (Wildman–Crippen LogP) is 10.8. The fourth-order valence-electron chi connectivity index (χ4n) is 6.91. The number of benzene rings is 2. The summed E-state index contributed by atoms with van der Waals surface area (Å²) in [6.07, 6.45) is 0. The lowest BCUT2D eigenvalue weighted by Gasteiger charge is -2.11. The van der Waals surface area contributed by atoms with E-state index < -0.39 is 0 Å². The zero-order valence-electron chi connectivity index (χ0n) is 25.9. The Hall–Kier alpha value is -4.56. The Morgan fingerprint density at radius 1 is 0.357 bits per heavy atom. The van der Waals surface area contributed by atoms with E-state index in [4.69, 9.17) is 9.47 Å². The molecular formula is C40H38O2. The van der Waals surface area contributed by atoms with E-state index in [0.717, 1.165) is 11.5 Å². The normalized spacial score (nSPS) is 11.3. The van der Waals surface area contributed by atoms with E-state index in [9.17, 15) is 0 Å². The second kappa shape index (κ2) is 10.7. The van der Waals surface area contributed by atoms with E-state index in [-0.39, 0.29) is 0 Å². The van der Waals surface area contributed by atoms with Crippen LogP contribution in [0.25, 0.3) is 55.6 Å². The number of ether oxygens (including phenoxy) is 2. The third-order valence-corrected chi connectivity index (χ3v) is 8.60. The van der Waals surface area contributed by atoms with Gasteiger partial charge < -0.3 is 9.47 Å². The summed E-state index contributed by atoms with van der Waals surface area (Å²) in [5.41, 5.74) is 20.4. The van der Waals surface area contributed by atoms with Gasteiger partial charge >= 0.3 is 0 Å². The van der Waals surface area contributed by atoms with Crippen LogP contribution < -0.4 is 9.47 Å². The van der Waals surface area contributed by atoms with E-state index >= 15 is 0 Å². The highest BCUT2D eigenvalue weighted by atomic mass is 16.5. The number of fused-ring (bicyclic) bond motifs is 2. The molecule has 4 aliphatic rings. The second-order valence-corrected chi connectivity index (χ2v) is 11.7. The Morgan fingerprint density at radius 2 is 0.643 bits per heavy atom. The summed E-state index contributed by atoms with van der Waals surface area (Å²) in [4.78, 5) is 0. The molecule has 2 aromatic rings. The van der Waals surface area contributed by atoms with Gasteiger partial charge in [0.25, 0.3) is 0 Å². The molecule has 0 bridgehead atoms. The molecule has 6 rings (SSSR count). The van der Waals surface area contributed by atoms with Gasteiger partial charge in [0.2, 0.25) is 0 Å². The molecule has 0 N–H and O–H groups in total. The van der Waals surface area contributed by atoms with Crippen molar-refractivity contribution in [3.8, 4) is 67.1 Å². The first kappa shape index (κ1) is 27.6. The van der Waals surface area contributed by atoms with Gasteiger partial charge in [-0.05, 0) is 156 Å². The van der Waals surface area contributed by atoms with Crippen molar-refractivity contribution in [2.75, 3.05) is 14.2 Å². The molecule has 4 aliphatic carbocycles. The van der Waals surface area contributed by atoms with Gasteiger partial charge in [0.1, 0.15) is 11.5 Å². The maximum absolute atomic E-state index is 5.48. The van der Waals surface area contributed by atoms with Crippen molar-refractivity contribution in [3.63, 3.8) is 0 Å². The Labute approximate surface area is 250 Å². The molecular weight excluding hydrogens is 512 g/mol. The summed E-state index contributed by atoms with van der Waals surface area (Å²) in [5.74, 6) is 1.73. The average Bonchev–Trinajstić information content (AvgIpc) is 3.51. The Kier molecular flexibility index (Phi) is 7.02. The zero-order valence-corrected chi connectivity index (χ0v) is 25.9. The van der Waals surface area contributed by atoms with Crippen molar-refractivity contribution >= 4 is 0 Å². The van der Waals surface area contributed by atoms with E-state index in [0.29, 0.717) is 0 Å². The molecule has 0 amide bonds. The molecule has 0 unspecified atom stereocenters. The van der Waals surface area contributed by atoms with Crippen LogP contribution in [0.15, 0.2) is 84.9 Å². The van der Waals surface area contributed by atoms with Crippen LogP contribution >= 0.6 is 0 Å². The van der Waals surface area contributed by atoms with Gasteiger partial charge in [-0.1, -0.05) is 59.7 Å². The first-order valence-electron chi connectivity index (χ1n) is 14.6. The maximum Gasteiger partial charge on any atom is 0.118 e. The third-order valence-electron chi connectivity index (χ3n) is 8.60. The van der Waals surface area contributed by atoms with Crippen LogP contribution in [0, 0.1) is 41.5 Å². The number of hydrogen-bond acceptors (Lipinski definition) is 2. The third kappa shape index (κ3) is 4.61. The lowest BCUT2D eigenvalue weighted by atomic mass is 9.92. The van der Waals surface area contributed by atoms with Crippen LogP contribution in [0.2, 0.25) is 0 Å². The van der Waals surface area contributed by atoms with E-state index in [1.165, 1.54) is 89.0 Å². The quantitative estimate of drug-likeness (QED) is 0.213. The topological polar surface area (TPSA) is 18.5 Å². The lowest BCUT2D eigenvalue weighted by Crippen LogP contribution is -1.87. The highest BCUT2D eigenvalue weighted by Gasteiger charge is 2.28. The first-order valence-corrected chi connectivity index (χ1v) is 14.6. The summed E-state index contributed by atoms with van der Waals surface area (Å²) in [6, 6.07) is 31.1. The summed E-state index contributed by atoms with van der Waals surface area (Å²) in [6.45, 7) is 13.4. The minimum atomic E-state index is 0.865. The molecule has 2 aromatic carbocycles. The van der Waals surface area contributed by atoms with Crippen molar-refractivity contribution in [3.05, 3.63) is 118 Å². The number of methoxy groups -OCH3 is 2. The highest BCUT2D eigenvalue weighted by Crippen LogP contribution is 2.53. The summed E-state index contributed by atoms with van der Waals surface area (Å²) in [5, 5.41) is 0. The SMILES string of the molecule is COc1ccc(-c2cc(-c3cc(-c4ccc(OC)cc4)c4c(C)cc(C)cc(C)c3-4)c3c(C)cc(C)cc(C)c2-3)cc1. The first-order chi connectivity index (χ1) is 20.2. The molecule has 2 nitrogen and oxygen atoms in total. The molecule has 0 heterocycles. The van der Waals surface area contributed by atoms with Crippen molar-refractivity contribution in [2.24, 2.45) is 0 Å². The molecule has 0 spiro atoms. The lowest BCUT2D eigenvalue weighted by molar-refractivity contribution is 0.415. The van der Waals surface area contributed by atoms with Crippen LogP contribution in [-0.4, -0.2) is 14.2 Å². The van der Waals surface area contributed by atoms with Crippen LogP contribution in [0.5, 0.6) is 11.5 Å². The molecule has 0 saturated carbocycles. The van der Waals surface area contributed by atoms with Crippen LogP contribution in [0.4, 0.5) is 0 Å². The number of aryl methyl sites for hydroxylation is 6. The van der Waals surface area contributed by atoms with Gasteiger partial charge in [-0.15, -0.1) is 0 Å². The number of hydrogen-bond donors (Lipinski definition) is 0. The predicted molar refractivity (Wildman–Crippen MR) is 178 cm³/mol. The standard InChI is InChI=1S/C40H38O2/c1-23-17-25(3)37-33(29-9-13-31(41-7)14-10-29)21-35(39(37)27(5)19-23)36-22-34(30-11-15-32(42-8)16-12-30)38-26(4)18-24(2)20-28(6)40(36)38/h9-22H,1-8H3. The fraction of sp³-hybridized carbons (Fsp3) is 0.200. The zero-order chi connectivity index (χ0) is 29.7. The summed E-state index contributed by atoms with van der Waals surface area (Å²) >= 11 is 0. The smallest absolute Gasteiger partial charge is 0.118 e. The van der Waals surface area contributed by atoms with Crippen LogP contribution in [0.3, 0.4) is 0 Å². The molecule has 0 aromatic heterocycles. The van der Waals surface area contributed by atoms with Gasteiger partial charge in [0.15, 0.2) is 0 Å². The van der Waals surface area contributed by atoms with Gasteiger partial charge in [0.05, 0.1) is 14.2 Å². The van der Waals surface area contributed by atoms with Crippen molar-refractivity contribution in [1.82, 2.24) is 0 Å². The van der Waals surface area contributed by atoms with Crippen LogP contribution in [-0.2, 0) is 0 Å². The fourth-order valence-corrected chi connectivity index (χ4v) is 6.91. The van der Waals surface area contributed by atoms with Crippen molar-refractivity contribution in [1.29, 1.82) is 0 Å². The van der Waals surface area contributed by atoms with Crippen molar-refractivity contribution in [2.45, 2.75) is 41.5 Å². The van der Waals surface area contributed by atoms with Gasteiger partial charge in [-0.3, -0.25) is 0 Å². The Bertz CT molecular complexity index is 1730. The van der Waals surface area contributed by atoms with Crippen molar-refractivity contribution < 1.29 is 9.47 Å². The molecule has 0 fully saturated rings. The van der Waals surface area contributed by atoms with E-state index in [1.807, 2.05) is 0 Å². The molecule has 210 valence electrons. The summed E-state index contributed by atoms with van der Waals surface area (Å²) < 4.78 is 11.0.